The molecule has 0 atom stereocenters. The van der Waals surface area contributed by atoms with Gasteiger partial charge in [-0.2, -0.15) is 0 Å². The van der Waals surface area contributed by atoms with E-state index < -0.39 is 0 Å². The van der Waals surface area contributed by atoms with Gasteiger partial charge in [-0.3, -0.25) is 9.79 Å². The monoisotopic (exact) mass is 538 g/mol. The summed E-state index contributed by atoms with van der Waals surface area (Å²) in [5.74, 6) is 1.71. The zero-order chi connectivity index (χ0) is 21.8. The van der Waals surface area contributed by atoms with Crippen LogP contribution in [0.3, 0.4) is 0 Å². The molecule has 0 unspecified atom stereocenters. The number of ether oxygens (including phenoxy) is 1. The average molecular weight is 538 g/mol. The SMILES string of the molecule is CCCOc1cccc(CCNC(=NC)NCCc2cccc(C(=O)N(C)C)c2)c1.I. The molecule has 6 nitrogen and oxygen atoms in total. The minimum absolute atomic E-state index is 0. The molecule has 0 aliphatic carbocycles. The van der Waals surface area contributed by atoms with Gasteiger partial charge in [-0.1, -0.05) is 31.2 Å². The Balaban J connectivity index is 0.00000480. The Morgan fingerprint density at radius 3 is 2.19 bits per heavy atom. The molecule has 0 aliphatic rings. The molecule has 0 saturated heterocycles. The van der Waals surface area contributed by atoms with Crippen molar-refractivity contribution >= 4 is 35.8 Å². The zero-order valence-corrected chi connectivity index (χ0v) is 21.3. The number of aliphatic imine (C=N–C) groups is 1. The average Bonchev–Trinajstić information content (AvgIpc) is 2.76. The minimum Gasteiger partial charge on any atom is -0.494 e. The highest BCUT2D eigenvalue weighted by Crippen LogP contribution is 2.13. The van der Waals surface area contributed by atoms with Crippen molar-refractivity contribution in [3.05, 3.63) is 65.2 Å². The number of rotatable bonds is 10. The Bertz CT molecular complexity index is 840. The van der Waals surface area contributed by atoms with Gasteiger partial charge >= 0.3 is 0 Å². The van der Waals surface area contributed by atoms with Gasteiger partial charge in [0.15, 0.2) is 5.96 Å². The number of carbonyl (C=O) groups excluding carboxylic acids is 1. The van der Waals surface area contributed by atoms with E-state index in [1.54, 1.807) is 26.0 Å². The minimum atomic E-state index is 0. The van der Waals surface area contributed by atoms with Crippen molar-refractivity contribution in [2.45, 2.75) is 26.2 Å². The number of halogens is 1. The third-order valence-electron chi connectivity index (χ3n) is 4.59. The number of nitrogens with one attached hydrogen (secondary N) is 2. The van der Waals surface area contributed by atoms with Gasteiger partial charge in [0.05, 0.1) is 6.61 Å². The summed E-state index contributed by atoms with van der Waals surface area (Å²) in [6.07, 6.45) is 2.70. The largest absolute Gasteiger partial charge is 0.494 e. The van der Waals surface area contributed by atoms with Crippen molar-refractivity contribution in [3.63, 3.8) is 0 Å². The molecule has 0 heterocycles. The molecule has 1 amide bonds. The third-order valence-corrected chi connectivity index (χ3v) is 4.59. The van der Waals surface area contributed by atoms with Gasteiger partial charge in [-0.05, 0) is 54.7 Å². The number of amides is 1. The number of hydrogen-bond acceptors (Lipinski definition) is 3. The fourth-order valence-corrected chi connectivity index (χ4v) is 3.00. The number of carbonyl (C=O) groups is 1. The maximum Gasteiger partial charge on any atom is 0.253 e. The van der Waals surface area contributed by atoms with Crippen LogP contribution in [0.25, 0.3) is 0 Å². The van der Waals surface area contributed by atoms with Gasteiger partial charge in [0.2, 0.25) is 0 Å². The molecule has 2 rings (SSSR count). The molecule has 2 aromatic rings. The van der Waals surface area contributed by atoms with Gasteiger partial charge in [0.1, 0.15) is 5.75 Å². The maximum atomic E-state index is 12.1. The number of hydrogen-bond donors (Lipinski definition) is 2. The van der Waals surface area contributed by atoms with Gasteiger partial charge in [0.25, 0.3) is 5.91 Å². The van der Waals surface area contributed by atoms with Crippen molar-refractivity contribution in [3.8, 4) is 5.75 Å². The number of benzene rings is 2. The summed E-state index contributed by atoms with van der Waals surface area (Å²) in [5.41, 5.74) is 3.06. The van der Waals surface area contributed by atoms with E-state index in [9.17, 15) is 4.79 Å². The second kappa shape index (κ2) is 14.7. The van der Waals surface area contributed by atoms with E-state index in [0.29, 0.717) is 5.56 Å². The molecule has 0 saturated carbocycles. The normalized spacial score (nSPS) is 10.8. The molecule has 0 spiro atoms. The van der Waals surface area contributed by atoms with Crippen molar-refractivity contribution in [1.82, 2.24) is 15.5 Å². The Kier molecular flexibility index (Phi) is 12.7. The Morgan fingerprint density at radius 2 is 1.61 bits per heavy atom. The molecule has 2 N–H and O–H groups in total. The molecule has 0 aliphatic heterocycles. The lowest BCUT2D eigenvalue weighted by atomic mass is 10.1. The lowest BCUT2D eigenvalue weighted by Crippen LogP contribution is -2.39. The van der Waals surface area contributed by atoms with E-state index in [1.807, 2.05) is 36.4 Å². The van der Waals surface area contributed by atoms with E-state index in [2.05, 4.69) is 34.7 Å². The van der Waals surface area contributed by atoms with Crippen LogP contribution in [0.4, 0.5) is 0 Å². The van der Waals surface area contributed by atoms with Gasteiger partial charge in [0, 0.05) is 39.8 Å². The van der Waals surface area contributed by atoms with Crippen molar-refractivity contribution in [2.75, 3.05) is 40.8 Å². The first-order valence-corrected chi connectivity index (χ1v) is 10.5. The first-order chi connectivity index (χ1) is 14.5. The van der Waals surface area contributed by atoms with Crippen molar-refractivity contribution in [2.24, 2.45) is 4.99 Å². The van der Waals surface area contributed by atoms with Crippen LogP contribution in [0.5, 0.6) is 5.75 Å². The zero-order valence-electron chi connectivity index (χ0n) is 19.0. The summed E-state index contributed by atoms with van der Waals surface area (Å²) in [5, 5.41) is 6.68. The van der Waals surface area contributed by atoms with E-state index in [1.165, 1.54) is 5.56 Å². The quantitative estimate of drug-likeness (QED) is 0.275. The molecule has 0 bridgehead atoms. The standard InChI is InChI=1S/C24H34N4O2.HI/c1-5-16-30-22-11-7-9-20(18-22)13-15-27-24(25-2)26-14-12-19-8-6-10-21(17-19)23(29)28(3)4;/h6-11,17-18H,5,12-16H2,1-4H3,(H2,25,26,27);1H. The molecule has 0 aromatic heterocycles. The predicted molar refractivity (Wildman–Crippen MR) is 139 cm³/mol. The van der Waals surface area contributed by atoms with E-state index in [0.717, 1.165) is 56.2 Å². The summed E-state index contributed by atoms with van der Waals surface area (Å²) in [6.45, 7) is 4.36. The molecule has 170 valence electrons. The first kappa shape index (κ1) is 26.7. The number of guanidine groups is 1. The lowest BCUT2D eigenvalue weighted by Gasteiger charge is -2.13. The summed E-state index contributed by atoms with van der Waals surface area (Å²) < 4.78 is 5.70. The van der Waals surface area contributed by atoms with Crippen LogP contribution < -0.4 is 15.4 Å². The summed E-state index contributed by atoms with van der Waals surface area (Å²) >= 11 is 0. The van der Waals surface area contributed by atoms with Crippen LogP contribution in [0, 0.1) is 0 Å². The molecular formula is C24H35IN4O2. The molecular weight excluding hydrogens is 503 g/mol. The molecule has 7 heteroatoms. The topological polar surface area (TPSA) is 66.0 Å². The summed E-state index contributed by atoms with van der Waals surface area (Å²) in [7, 11) is 5.30. The van der Waals surface area contributed by atoms with E-state index in [4.69, 9.17) is 4.74 Å². The summed E-state index contributed by atoms with van der Waals surface area (Å²) in [6, 6.07) is 16.0. The Hall–Kier alpha value is -2.29. The van der Waals surface area contributed by atoms with Crippen LogP contribution in [-0.2, 0) is 12.8 Å². The molecule has 0 fully saturated rings. The summed E-state index contributed by atoms with van der Waals surface area (Å²) in [4.78, 5) is 18.0. The van der Waals surface area contributed by atoms with Gasteiger partial charge in [-0.25, -0.2) is 0 Å². The van der Waals surface area contributed by atoms with Crippen molar-refractivity contribution in [1.29, 1.82) is 0 Å². The van der Waals surface area contributed by atoms with E-state index >= 15 is 0 Å². The number of nitrogens with zero attached hydrogens (tertiary/aromatic N) is 2. The fraction of sp³-hybridized carbons (Fsp3) is 0.417. The highest BCUT2D eigenvalue weighted by Gasteiger charge is 2.08. The van der Waals surface area contributed by atoms with Gasteiger partial charge in [-0.15, -0.1) is 24.0 Å². The highest BCUT2D eigenvalue weighted by atomic mass is 127. The predicted octanol–water partition coefficient (Wildman–Crippen LogP) is 3.75. The fourth-order valence-electron chi connectivity index (χ4n) is 3.00. The molecule has 2 aromatic carbocycles. The second-order valence-corrected chi connectivity index (χ2v) is 7.32. The lowest BCUT2D eigenvalue weighted by molar-refractivity contribution is 0.0827. The van der Waals surface area contributed by atoms with Gasteiger partial charge < -0.3 is 20.3 Å². The highest BCUT2D eigenvalue weighted by molar-refractivity contribution is 14.0. The van der Waals surface area contributed by atoms with Crippen LogP contribution in [0.1, 0.15) is 34.8 Å². The smallest absolute Gasteiger partial charge is 0.253 e. The van der Waals surface area contributed by atoms with Crippen LogP contribution in [-0.4, -0.2) is 57.6 Å². The third kappa shape index (κ3) is 9.59. The second-order valence-electron chi connectivity index (χ2n) is 7.32. The van der Waals surface area contributed by atoms with E-state index in [-0.39, 0.29) is 29.9 Å². The first-order valence-electron chi connectivity index (χ1n) is 10.5. The Labute approximate surface area is 203 Å². The van der Waals surface area contributed by atoms with Crippen LogP contribution >= 0.6 is 24.0 Å². The van der Waals surface area contributed by atoms with Crippen LogP contribution in [0.15, 0.2) is 53.5 Å². The maximum absolute atomic E-state index is 12.1. The Morgan fingerprint density at radius 1 is 1.00 bits per heavy atom. The van der Waals surface area contributed by atoms with Crippen molar-refractivity contribution < 1.29 is 9.53 Å². The molecule has 0 radical (unpaired) electrons. The molecule has 31 heavy (non-hydrogen) atoms. The van der Waals surface area contributed by atoms with Crippen LogP contribution in [0.2, 0.25) is 0 Å².